The van der Waals surface area contributed by atoms with Gasteiger partial charge in [-0.15, -0.1) is 0 Å². The Labute approximate surface area is 215 Å². The predicted molar refractivity (Wildman–Crippen MR) is 148 cm³/mol. The quantitative estimate of drug-likeness (QED) is 0.244. The number of furan rings is 1. The van der Waals surface area contributed by atoms with E-state index in [1.165, 1.54) is 0 Å². The molecule has 1 fully saturated rings. The van der Waals surface area contributed by atoms with Crippen LogP contribution in [0.15, 0.2) is 93.8 Å². The summed E-state index contributed by atoms with van der Waals surface area (Å²) in [6, 6.07) is 28.4. The van der Waals surface area contributed by atoms with Crippen LogP contribution in [0.1, 0.15) is 27.7 Å². The zero-order chi connectivity index (χ0) is 25.4. The average Bonchev–Trinajstić information content (AvgIpc) is 3.54. The molecule has 0 spiro atoms. The SMILES string of the molecule is CC1(C)OB(c2cc(-c3ccc4c(c3)oc3ccccc34)c3nc(-c4ccccc4)oc3c2)OC1(C)C. The minimum Gasteiger partial charge on any atom is -0.456 e. The summed E-state index contributed by atoms with van der Waals surface area (Å²) in [5.41, 5.74) is 6.03. The molecule has 7 rings (SSSR count). The molecule has 37 heavy (non-hydrogen) atoms. The number of fused-ring (bicyclic) bond motifs is 4. The molecule has 6 heteroatoms. The van der Waals surface area contributed by atoms with Gasteiger partial charge in [-0.05, 0) is 75.1 Å². The molecule has 1 saturated heterocycles. The maximum Gasteiger partial charge on any atom is 0.494 e. The van der Waals surface area contributed by atoms with Crippen molar-refractivity contribution in [3.63, 3.8) is 0 Å². The van der Waals surface area contributed by atoms with E-state index in [1.807, 2.05) is 54.6 Å². The van der Waals surface area contributed by atoms with E-state index < -0.39 is 18.3 Å². The Morgan fingerprint density at radius 3 is 2.11 bits per heavy atom. The van der Waals surface area contributed by atoms with E-state index in [0.29, 0.717) is 11.5 Å². The Morgan fingerprint density at radius 1 is 0.622 bits per heavy atom. The number of nitrogens with zero attached hydrogens (tertiary/aromatic N) is 1. The lowest BCUT2D eigenvalue weighted by atomic mass is 9.77. The van der Waals surface area contributed by atoms with Crippen LogP contribution in [0.4, 0.5) is 0 Å². The Kier molecular flexibility index (Phi) is 4.72. The Morgan fingerprint density at radius 2 is 1.32 bits per heavy atom. The molecule has 0 atom stereocenters. The maximum absolute atomic E-state index is 6.39. The van der Waals surface area contributed by atoms with Crippen molar-refractivity contribution in [1.29, 1.82) is 0 Å². The molecule has 0 bridgehead atoms. The first-order valence-corrected chi connectivity index (χ1v) is 12.6. The van der Waals surface area contributed by atoms with Crippen molar-refractivity contribution in [3.05, 3.63) is 84.9 Å². The lowest BCUT2D eigenvalue weighted by Gasteiger charge is -2.32. The van der Waals surface area contributed by atoms with E-state index in [0.717, 1.165) is 49.6 Å². The summed E-state index contributed by atoms with van der Waals surface area (Å²) in [6.07, 6.45) is 0. The highest BCUT2D eigenvalue weighted by atomic mass is 16.7. The Hall–Kier alpha value is -3.87. The third-order valence-corrected chi connectivity index (χ3v) is 7.75. The van der Waals surface area contributed by atoms with Crippen molar-refractivity contribution in [1.82, 2.24) is 4.98 Å². The highest BCUT2D eigenvalue weighted by molar-refractivity contribution is 6.62. The summed E-state index contributed by atoms with van der Waals surface area (Å²) >= 11 is 0. The van der Waals surface area contributed by atoms with Crippen molar-refractivity contribution < 1.29 is 18.1 Å². The molecule has 6 aromatic rings. The van der Waals surface area contributed by atoms with Crippen LogP contribution in [0, 0.1) is 0 Å². The molecule has 0 aliphatic carbocycles. The predicted octanol–water partition coefficient (Wildman–Crippen LogP) is 7.36. The summed E-state index contributed by atoms with van der Waals surface area (Å²) in [5, 5.41) is 2.19. The van der Waals surface area contributed by atoms with Gasteiger partial charge < -0.3 is 18.1 Å². The molecule has 182 valence electrons. The minimum absolute atomic E-state index is 0.448. The van der Waals surface area contributed by atoms with Gasteiger partial charge in [0, 0.05) is 21.9 Å². The molecule has 2 aromatic heterocycles. The molecule has 0 saturated carbocycles. The molecule has 0 radical (unpaired) electrons. The molecule has 0 N–H and O–H groups in total. The average molecular weight is 487 g/mol. The zero-order valence-electron chi connectivity index (χ0n) is 21.2. The number of oxazole rings is 1. The number of hydrogen-bond donors (Lipinski definition) is 0. The van der Waals surface area contributed by atoms with E-state index in [2.05, 4.69) is 58.0 Å². The lowest BCUT2D eigenvalue weighted by Crippen LogP contribution is -2.41. The molecule has 3 heterocycles. The van der Waals surface area contributed by atoms with Crippen LogP contribution in [0.3, 0.4) is 0 Å². The number of benzene rings is 4. The van der Waals surface area contributed by atoms with Gasteiger partial charge in [-0.3, -0.25) is 0 Å². The van der Waals surface area contributed by atoms with Gasteiger partial charge in [-0.25, -0.2) is 4.98 Å². The number of para-hydroxylation sites is 1. The smallest absolute Gasteiger partial charge is 0.456 e. The van der Waals surface area contributed by atoms with Crippen molar-refractivity contribution in [2.45, 2.75) is 38.9 Å². The molecule has 0 amide bonds. The van der Waals surface area contributed by atoms with Gasteiger partial charge in [-0.2, -0.15) is 0 Å². The maximum atomic E-state index is 6.39. The highest BCUT2D eigenvalue weighted by Crippen LogP contribution is 2.39. The van der Waals surface area contributed by atoms with Gasteiger partial charge in [0.05, 0.1) is 11.2 Å². The Balaban J connectivity index is 1.43. The van der Waals surface area contributed by atoms with E-state index in [-0.39, 0.29) is 0 Å². The minimum atomic E-state index is -0.520. The van der Waals surface area contributed by atoms with Crippen LogP contribution in [-0.2, 0) is 9.31 Å². The summed E-state index contributed by atoms with van der Waals surface area (Å²) in [7, 11) is -0.520. The van der Waals surface area contributed by atoms with Gasteiger partial charge in [-0.1, -0.05) is 48.5 Å². The van der Waals surface area contributed by atoms with Crippen LogP contribution in [0.25, 0.3) is 55.6 Å². The molecule has 4 aromatic carbocycles. The highest BCUT2D eigenvalue weighted by Gasteiger charge is 2.52. The van der Waals surface area contributed by atoms with E-state index >= 15 is 0 Å². The third kappa shape index (κ3) is 3.51. The second-order valence-corrected chi connectivity index (χ2v) is 10.7. The first kappa shape index (κ1) is 22.3. The van der Waals surface area contributed by atoms with Gasteiger partial charge in [0.25, 0.3) is 0 Å². The van der Waals surface area contributed by atoms with Gasteiger partial charge in [0.15, 0.2) is 5.58 Å². The van der Waals surface area contributed by atoms with E-state index in [9.17, 15) is 0 Å². The molecule has 5 nitrogen and oxygen atoms in total. The number of hydrogen-bond acceptors (Lipinski definition) is 5. The summed E-state index contributed by atoms with van der Waals surface area (Å²) < 4.78 is 25.3. The van der Waals surface area contributed by atoms with Crippen molar-refractivity contribution >= 4 is 45.6 Å². The number of rotatable bonds is 3. The molecular formula is C31H26BNO4. The van der Waals surface area contributed by atoms with Crippen LogP contribution >= 0.6 is 0 Å². The van der Waals surface area contributed by atoms with Crippen molar-refractivity contribution in [2.24, 2.45) is 0 Å². The second kappa shape index (κ2) is 7.82. The van der Waals surface area contributed by atoms with Crippen LogP contribution < -0.4 is 5.46 Å². The largest absolute Gasteiger partial charge is 0.494 e. The van der Waals surface area contributed by atoms with E-state index in [1.54, 1.807) is 0 Å². The van der Waals surface area contributed by atoms with Gasteiger partial charge in [0.1, 0.15) is 16.7 Å². The Bertz CT molecular complexity index is 1780. The van der Waals surface area contributed by atoms with Crippen LogP contribution in [0.5, 0.6) is 0 Å². The standard InChI is InChI=1S/C31H26BNO4/c1-30(2)31(3,4)37-32(36-30)21-17-24(28-27(18-21)35-29(33-28)19-10-6-5-7-11-19)20-14-15-23-22-12-8-9-13-25(22)34-26(23)16-20/h5-18H,1-4H3. The fourth-order valence-corrected chi connectivity index (χ4v) is 4.98. The summed E-state index contributed by atoms with van der Waals surface area (Å²) in [6.45, 7) is 8.24. The van der Waals surface area contributed by atoms with Gasteiger partial charge in [0.2, 0.25) is 5.89 Å². The van der Waals surface area contributed by atoms with E-state index in [4.69, 9.17) is 23.1 Å². The zero-order valence-corrected chi connectivity index (χ0v) is 21.2. The summed E-state index contributed by atoms with van der Waals surface area (Å²) in [5.74, 6) is 0.577. The molecular weight excluding hydrogens is 461 g/mol. The van der Waals surface area contributed by atoms with Crippen LogP contribution in [-0.4, -0.2) is 23.3 Å². The first-order chi connectivity index (χ1) is 17.8. The summed E-state index contributed by atoms with van der Waals surface area (Å²) in [4.78, 5) is 4.93. The number of aromatic nitrogens is 1. The molecule has 1 aliphatic rings. The van der Waals surface area contributed by atoms with Gasteiger partial charge >= 0.3 is 7.12 Å². The van der Waals surface area contributed by atoms with Crippen molar-refractivity contribution in [2.75, 3.05) is 0 Å². The fourth-order valence-electron chi connectivity index (χ4n) is 4.98. The molecule has 0 unspecified atom stereocenters. The lowest BCUT2D eigenvalue weighted by molar-refractivity contribution is 0.00578. The third-order valence-electron chi connectivity index (χ3n) is 7.75. The first-order valence-electron chi connectivity index (χ1n) is 12.6. The topological polar surface area (TPSA) is 57.6 Å². The fraction of sp³-hybridized carbons (Fsp3) is 0.194. The van der Waals surface area contributed by atoms with Crippen molar-refractivity contribution in [3.8, 4) is 22.6 Å². The monoisotopic (exact) mass is 487 g/mol. The second-order valence-electron chi connectivity index (χ2n) is 10.7. The van der Waals surface area contributed by atoms with Crippen LogP contribution in [0.2, 0.25) is 0 Å². The normalized spacial score (nSPS) is 16.8. The molecule has 1 aliphatic heterocycles.